The van der Waals surface area contributed by atoms with Gasteiger partial charge in [-0.2, -0.15) is 0 Å². The van der Waals surface area contributed by atoms with Crippen molar-refractivity contribution in [3.8, 4) is 0 Å². The predicted octanol–water partition coefficient (Wildman–Crippen LogP) is 1.18. The van der Waals surface area contributed by atoms with Crippen LogP contribution in [0.25, 0.3) is 0 Å². The van der Waals surface area contributed by atoms with Crippen LogP contribution in [0.1, 0.15) is 19.4 Å². The summed E-state index contributed by atoms with van der Waals surface area (Å²) in [5, 5.41) is 5.04. The van der Waals surface area contributed by atoms with Crippen molar-refractivity contribution >= 4 is 33.7 Å². The molecule has 1 atom stereocenters. The van der Waals surface area contributed by atoms with E-state index in [0.29, 0.717) is 6.54 Å². The fourth-order valence-electron chi connectivity index (χ4n) is 1.64. The van der Waals surface area contributed by atoms with Crippen molar-refractivity contribution in [2.24, 2.45) is 0 Å². The van der Waals surface area contributed by atoms with Crippen molar-refractivity contribution < 1.29 is 19.1 Å². The summed E-state index contributed by atoms with van der Waals surface area (Å²) >= 11 is 3.31. The predicted molar refractivity (Wildman–Crippen MR) is 85.1 cm³/mol. The van der Waals surface area contributed by atoms with Gasteiger partial charge in [0.15, 0.2) is 6.61 Å². The molecule has 0 unspecified atom stereocenters. The highest BCUT2D eigenvalue weighted by Gasteiger charge is 2.15. The van der Waals surface area contributed by atoms with Crippen molar-refractivity contribution in [3.63, 3.8) is 0 Å². The number of hydrogen-bond acceptors (Lipinski definition) is 4. The van der Waals surface area contributed by atoms with Crippen LogP contribution in [0.15, 0.2) is 28.7 Å². The molecule has 0 heterocycles. The monoisotopic (exact) mass is 370 g/mol. The van der Waals surface area contributed by atoms with Gasteiger partial charge in [0.05, 0.1) is 6.42 Å². The van der Waals surface area contributed by atoms with Gasteiger partial charge in [0.1, 0.15) is 6.04 Å². The number of ether oxygens (including phenoxy) is 1. The van der Waals surface area contributed by atoms with Gasteiger partial charge in [-0.15, -0.1) is 0 Å². The van der Waals surface area contributed by atoms with E-state index >= 15 is 0 Å². The Hall–Kier alpha value is -1.89. The molecule has 0 saturated heterocycles. The fraction of sp³-hybridized carbons (Fsp3) is 0.400. The second-order valence-electron chi connectivity index (χ2n) is 4.65. The van der Waals surface area contributed by atoms with Gasteiger partial charge in [-0.1, -0.05) is 28.1 Å². The molecule has 7 heteroatoms. The first kappa shape index (κ1) is 18.2. The number of carbonyl (C=O) groups excluding carboxylic acids is 3. The van der Waals surface area contributed by atoms with Crippen LogP contribution in [0.5, 0.6) is 0 Å². The smallest absolute Gasteiger partial charge is 0.310 e. The summed E-state index contributed by atoms with van der Waals surface area (Å²) in [6.45, 7) is 3.43. The van der Waals surface area contributed by atoms with Crippen LogP contribution in [0.2, 0.25) is 0 Å². The SMILES string of the molecule is CCNC(=O)[C@H](C)NC(=O)COC(=O)Cc1ccc(Br)cc1. The second kappa shape index (κ2) is 9.19. The zero-order valence-corrected chi connectivity index (χ0v) is 14.1. The van der Waals surface area contributed by atoms with Gasteiger partial charge in [-0.05, 0) is 31.5 Å². The third-order valence-corrected chi connectivity index (χ3v) is 3.28. The molecule has 1 aromatic rings. The summed E-state index contributed by atoms with van der Waals surface area (Å²) in [6, 6.07) is 6.57. The number of likely N-dealkylation sites (N-methyl/N-ethyl adjacent to an activating group) is 1. The van der Waals surface area contributed by atoms with Crippen molar-refractivity contribution in [2.75, 3.05) is 13.2 Å². The molecule has 0 aromatic heterocycles. The van der Waals surface area contributed by atoms with E-state index in [9.17, 15) is 14.4 Å². The third-order valence-electron chi connectivity index (χ3n) is 2.75. The number of amides is 2. The number of rotatable bonds is 7. The largest absolute Gasteiger partial charge is 0.455 e. The molecule has 1 aromatic carbocycles. The van der Waals surface area contributed by atoms with E-state index in [4.69, 9.17) is 4.74 Å². The number of hydrogen-bond donors (Lipinski definition) is 2. The first-order chi connectivity index (χ1) is 10.4. The average Bonchev–Trinajstić information content (AvgIpc) is 2.48. The summed E-state index contributed by atoms with van der Waals surface area (Å²) in [7, 11) is 0. The minimum Gasteiger partial charge on any atom is -0.455 e. The Balaban J connectivity index is 2.32. The molecule has 0 fully saturated rings. The first-order valence-corrected chi connectivity index (χ1v) is 7.68. The van der Waals surface area contributed by atoms with E-state index in [1.165, 1.54) is 0 Å². The van der Waals surface area contributed by atoms with E-state index in [1.807, 2.05) is 12.1 Å². The number of carbonyl (C=O) groups is 3. The number of nitrogens with one attached hydrogen (secondary N) is 2. The Bertz CT molecular complexity index is 531. The Morgan fingerprint density at radius 1 is 1.23 bits per heavy atom. The summed E-state index contributed by atoms with van der Waals surface area (Å²) in [5.74, 6) is -1.29. The van der Waals surface area contributed by atoms with Gasteiger partial charge < -0.3 is 15.4 Å². The summed E-state index contributed by atoms with van der Waals surface area (Å²) < 4.78 is 5.80. The van der Waals surface area contributed by atoms with Crippen LogP contribution in [0.3, 0.4) is 0 Å². The van der Waals surface area contributed by atoms with Crippen molar-refractivity contribution in [3.05, 3.63) is 34.3 Å². The fourth-order valence-corrected chi connectivity index (χ4v) is 1.91. The topological polar surface area (TPSA) is 84.5 Å². The van der Waals surface area contributed by atoms with Crippen molar-refractivity contribution in [2.45, 2.75) is 26.3 Å². The van der Waals surface area contributed by atoms with Gasteiger partial charge in [0, 0.05) is 11.0 Å². The molecule has 2 N–H and O–H groups in total. The molecule has 0 bridgehead atoms. The van der Waals surface area contributed by atoms with Crippen LogP contribution in [0.4, 0.5) is 0 Å². The molecule has 0 aliphatic heterocycles. The zero-order chi connectivity index (χ0) is 16.5. The van der Waals surface area contributed by atoms with Crippen molar-refractivity contribution in [1.29, 1.82) is 0 Å². The van der Waals surface area contributed by atoms with E-state index in [1.54, 1.807) is 26.0 Å². The molecule has 1 rings (SSSR count). The minimum absolute atomic E-state index is 0.0897. The molecule has 2 amide bonds. The molecule has 0 radical (unpaired) electrons. The van der Waals surface area contributed by atoms with Gasteiger partial charge >= 0.3 is 5.97 Å². The Kier molecular flexibility index (Phi) is 7.59. The maximum absolute atomic E-state index is 11.6. The average molecular weight is 371 g/mol. The van der Waals surface area contributed by atoms with Gasteiger partial charge in [0.25, 0.3) is 5.91 Å². The van der Waals surface area contributed by atoms with Crippen LogP contribution >= 0.6 is 15.9 Å². The second-order valence-corrected chi connectivity index (χ2v) is 5.56. The molecule has 0 saturated carbocycles. The van der Waals surface area contributed by atoms with Crippen molar-refractivity contribution in [1.82, 2.24) is 10.6 Å². The minimum atomic E-state index is -0.669. The van der Waals surface area contributed by atoms with Crippen LogP contribution in [0, 0.1) is 0 Å². The number of benzene rings is 1. The van der Waals surface area contributed by atoms with Gasteiger partial charge in [-0.25, -0.2) is 0 Å². The van der Waals surface area contributed by atoms with Gasteiger partial charge in [-0.3, -0.25) is 14.4 Å². The standard InChI is InChI=1S/C15H19BrN2O4/c1-3-17-15(21)10(2)18-13(19)9-22-14(20)8-11-4-6-12(16)7-5-11/h4-7,10H,3,8-9H2,1-2H3,(H,17,21)(H,18,19)/t10-/m0/s1. The number of halogens is 1. The van der Waals surface area contributed by atoms with Gasteiger partial charge in [0.2, 0.25) is 5.91 Å². The highest BCUT2D eigenvalue weighted by atomic mass is 79.9. The molecular weight excluding hydrogens is 352 g/mol. The summed E-state index contributed by atoms with van der Waals surface area (Å²) in [4.78, 5) is 34.7. The maximum Gasteiger partial charge on any atom is 0.310 e. The van der Waals surface area contributed by atoms with Crippen LogP contribution in [-0.4, -0.2) is 37.0 Å². The lowest BCUT2D eigenvalue weighted by atomic mass is 10.2. The van der Waals surface area contributed by atoms with E-state index in [0.717, 1.165) is 10.0 Å². The first-order valence-electron chi connectivity index (χ1n) is 6.89. The molecular formula is C15H19BrN2O4. The molecule has 22 heavy (non-hydrogen) atoms. The Morgan fingerprint density at radius 3 is 2.45 bits per heavy atom. The molecule has 6 nitrogen and oxygen atoms in total. The molecule has 0 aliphatic rings. The summed E-state index contributed by atoms with van der Waals surface area (Å²) in [5.41, 5.74) is 0.796. The maximum atomic E-state index is 11.6. The molecule has 120 valence electrons. The lowest BCUT2D eigenvalue weighted by Crippen LogP contribution is -2.46. The van der Waals surface area contributed by atoms with E-state index < -0.39 is 24.5 Å². The normalized spacial score (nSPS) is 11.4. The lowest BCUT2D eigenvalue weighted by Gasteiger charge is -2.13. The lowest BCUT2D eigenvalue weighted by molar-refractivity contribution is -0.148. The van der Waals surface area contributed by atoms with Crippen LogP contribution < -0.4 is 10.6 Å². The number of esters is 1. The zero-order valence-electron chi connectivity index (χ0n) is 12.5. The van der Waals surface area contributed by atoms with Crippen LogP contribution in [-0.2, 0) is 25.5 Å². The molecule has 0 aliphatic carbocycles. The quantitative estimate of drug-likeness (QED) is 0.705. The Morgan fingerprint density at radius 2 is 1.86 bits per heavy atom. The van der Waals surface area contributed by atoms with E-state index in [2.05, 4.69) is 26.6 Å². The highest BCUT2D eigenvalue weighted by molar-refractivity contribution is 9.10. The third kappa shape index (κ3) is 6.71. The highest BCUT2D eigenvalue weighted by Crippen LogP contribution is 2.11. The summed E-state index contributed by atoms with van der Waals surface area (Å²) in [6.07, 6.45) is 0.0897. The van der Waals surface area contributed by atoms with E-state index in [-0.39, 0.29) is 12.3 Å². The molecule has 0 spiro atoms. The Labute approximate surface area is 137 Å².